The maximum atomic E-state index is 11.7. The van der Waals surface area contributed by atoms with Gasteiger partial charge in [0, 0.05) is 13.5 Å². The Morgan fingerprint density at radius 1 is 1.04 bits per heavy atom. The van der Waals surface area contributed by atoms with Crippen molar-refractivity contribution in [2.75, 3.05) is 13.9 Å². The first kappa shape index (κ1) is 19.5. The van der Waals surface area contributed by atoms with Crippen molar-refractivity contribution in [1.29, 1.82) is 0 Å². The molecule has 0 aliphatic rings. The molecule has 0 saturated heterocycles. The minimum Gasteiger partial charge on any atom is -0.507 e. The smallest absolute Gasteiger partial charge is 0.308 e. The number of hydrogen-bond donors (Lipinski definition) is 1. The van der Waals surface area contributed by atoms with Gasteiger partial charge in [0.05, 0.1) is 0 Å². The number of aromatic hydroxyl groups is 1. The number of ether oxygens (including phenoxy) is 2. The van der Waals surface area contributed by atoms with Crippen molar-refractivity contribution < 1.29 is 19.4 Å². The molecule has 4 heteroatoms. The molecule has 0 amide bonds. The minimum atomic E-state index is -0.283. The van der Waals surface area contributed by atoms with Crippen molar-refractivity contribution in [1.82, 2.24) is 0 Å². The number of hydrogen-bond acceptors (Lipinski definition) is 4. The van der Waals surface area contributed by atoms with E-state index in [1.807, 2.05) is 12.1 Å². The maximum absolute atomic E-state index is 11.7. The first-order valence-electron chi connectivity index (χ1n) is 7.98. The normalized spacial score (nSPS) is 12.3. The van der Waals surface area contributed by atoms with Crippen molar-refractivity contribution in [2.24, 2.45) is 0 Å². The van der Waals surface area contributed by atoms with Crippen molar-refractivity contribution in [2.45, 2.75) is 65.2 Å². The van der Waals surface area contributed by atoms with Crippen LogP contribution in [-0.4, -0.2) is 25.0 Å². The molecule has 0 bridgehead atoms. The predicted molar refractivity (Wildman–Crippen MR) is 91.8 cm³/mol. The molecule has 1 N–H and O–H groups in total. The SMILES string of the molecule is COCOC(=O)CCc1cc(C(C)(C)C)c(O)c(C(C)(C)C)c1. The zero-order valence-electron chi connectivity index (χ0n) is 15.4. The lowest BCUT2D eigenvalue weighted by atomic mass is 9.78. The maximum Gasteiger partial charge on any atom is 0.308 e. The zero-order valence-corrected chi connectivity index (χ0v) is 15.4. The Morgan fingerprint density at radius 2 is 1.52 bits per heavy atom. The minimum absolute atomic E-state index is 0.0190. The lowest BCUT2D eigenvalue weighted by Gasteiger charge is -2.28. The Bertz CT molecular complexity index is 512. The molecule has 0 atom stereocenters. The molecule has 0 heterocycles. The molecule has 0 saturated carbocycles. The van der Waals surface area contributed by atoms with Crippen LogP contribution in [0.3, 0.4) is 0 Å². The highest BCUT2D eigenvalue weighted by atomic mass is 16.7. The monoisotopic (exact) mass is 322 g/mol. The molecule has 23 heavy (non-hydrogen) atoms. The second-order valence-corrected chi connectivity index (χ2v) is 7.96. The number of phenols is 1. The molecule has 1 rings (SSSR count). The molecule has 0 radical (unpaired) electrons. The summed E-state index contributed by atoms with van der Waals surface area (Å²) in [5, 5.41) is 10.7. The molecular formula is C19H30O4. The van der Waals surface area contributed by atoms with Gasteiger partial charge in [-0.05, 0) is 33.9 Å². The lowest BCUT2D eigenvalue weighted by molar-refractivity contribution is -0.153. The first-order chi connectivity index (χ1) is 10.5. The zero-order chi connectivity index (χ0) is 17.8. The molecule has 0 fully saturated rings. The van der Waals surface area contributed by atoms with Gasteiger partial charge in [-0.3, -0.25) is 4.79 Å². The van der Waals surface area contributed by atoms with Crippen LogP contribution < -0.4 is 0 Å². The van der Waals surface area contributed by atoms with Gasteiger partial charge >= 0.3 is 5.97 Å². The van der Waals surface area contributed by atoms with Crippen LogP contribution in [0.25, 0.3) is 0 Å². The summed E-state index contributed by atoms with van der Waals surface area (Å²) in [5.74, 6) is 0.0743. The number of carbonyl (C=O) groups excluding carboxylic acids is 1. The van der Waals surface area contributed by atoms with E-state index in [0.717, 1.165) is 16.7 Å². The van der Waals surface area contributed by atoms with Gasteiger partial charge in [-0.1, -0.05) is 53.7 Å². The van der Waals surface area contributed by atoms with Crippen molar-refractivity contribution in [3.8, 4) is 5.75 Å². The number of methoxy groups -OCH3 is 1. The fourth-order valence-corrected chi connectivity index (χ4v) is 2.43. The Morgan fingerprint density at radius 3 is 1.91 bits per heavy atom. The van der Waals surface area contributed by atoms with E-state index in [9.17, 15) is 9.90 Å². The average Bonchev–Trinajstić information content (AvgIpc) is 2.41. The van der Waals surface area contributed by atoms with Gasteiger partial charge in [0.2, 0.25) is 0 Å². The second kappa shape index (κ2) is 7.35. The fraction of sp³-hybridized carbons (Fsp3) is 0.632. The number of aryl methyl sites for hydroxylation is 1. The molecule has 130 valence electrons. The Hall–Kier alpha value is -1.55. The highest BCUT2D eigenvalue weighted by Gasteiger charge is 2.26. The van der Waals surface area contributed by atoms with Crippen LogP contribution in [0.5, 0.6) is 5.75 Å². The van der Waals surface area contributed by atoms with Gasteiger partial charge < -0.3 is 14.6 Å². The number of benzene rings is 1. The highest BCUT2D eigenvalue weighted by Crippen LogP contribution is 2.39. The van der Waals surface area contributed by atoms with Gasteiger partial charge in [-0.2, -0.15) is 0 Å². The van der Waals surface area contributed by atoms with E-state index >= 15 is 0 Å². The summed E-state index contributed by atoms with van der Waals surface area (Å²) < 4.78 is 9.65. The molecule has 1 aromatic rings. The van der Waals surface area contributed by atoms with E-state index in [4.69, 9.17) is 9.47 Å². The van der Waals surface area contributed by atoms with E-state index in [1.54, 1.807) is 0 Å². The van der Waals surface area contributed by atoms with Crippen molar-refractivity contribution in [3.63, 3.8) is 0 Å². The summed E-state index contributed by atoms with van der Waals surface area (Å²) >= 11 is 0. The average molecular weight is 322 g/mol. The summed E-state index contributed by atoms with van der Waals surface area (Å²) in [6.07, 6.45) is 0.871. The molecular weight excluding hydrogens is 292 g/mol. The van der Waals surface area contributed by atoms with Gasteiger partial charge in [0.15, 0.2) is 6.79 Å². The lowest BCUT2D eigenvalue weighted by Crippen LogP contribution is -2.18. The molecule has 0 aliphatic carbocycles. The molecule has 1 aromatic carbocycles. The highest BCUT2D eigenvalue weighted by molar-refractivity contribution is 5.69. The summed E-state index contributed by atoms with van der Waals surface area (Å²) in [6, 6.07) is 3.99. The molecule has 0 unspecified atom stereocenters. The third-order valence-electron chi connectivity index (χ3n) is 3.74. The summed E-state index contributed by atoms with van der Waals surface area (Å²) in [7, 11) is 1.48. The van der Waals surface area contributed by atoms with Gasteiger partial charge in [0.25, 0.3) is 0 Å². The van der Waals surface area contributed by atoms with Crippen LogP contribution >= 0.6 is 0 Å². The Labute approximate surface area is 139 Å². The number of esters is 1. The largest absolute Gasteiger partial charge is 0.507 e. The predicted octanol–water partition coefficient (Wildman–Crippen LogP) is 4.07. The topological polar surface area (TPSA) is 55.8 Å². The van der Waals surface area contributed by atoms with Gasteiger partial charge in [-0.25, -0.2) is 0 Å². The number of carbonyl (C=O) groups is 1. The summed E-state index contributed by atoms with van der Waals surface area (Å²) in [6.45, 7) is 12.4. The van der Waals surface area contributed by atoms with E-state index in [1.165, 1.54) is 7.11 Å². The number of phenolic OH excluding ortho intramolecular Hbond substituents is 1. The van der Waals surface area contributed by atoms with Crippen LogP contribution in [-0.2, 0) is 31.5 Å². The standard InChI is InChI=1S/C19H30O4/c1-18(2,3)14-10-13(8-9-16(20)23-12-22-7)11-15(17(14)21)19(4,5)6/h10-11,21H,8-9,12H2,1-7H3. The van der Waals surface area contributed by atoms with E-state index in [-0.39, 0.29) is 23.6 Å². The summed E-state index contributed by atoms with van der Waals surface area (Å²) in [5.41, 5.74) is 2.51. The second-order valence-electron chi connectivity index (χ2n) is 7.96. The third kappa shape index (κ3) is 5.54. The Balaban J connectivity index is 3.11. The molecule has 4 nitrogen and oxygen atoms in total. The van der Waals surface area contributed by atoms with E-state index in [2.05, 4.69) is 41.5 Å². The van der Waals surface area contributed by atoms with Crippen molar-refractivity contribution >= 4 is 5.97 Å². The molecule has 0 aliphatic heterocycles. The number of rotatable bonds is 5. The summed E-state index contributed by atoms with van der Waals surface area (Å²) in [4.78, 5) is 11.7. The van der Waals surface area contributed by atoms with Crippen LogP contribution in [0.4, 0.5) is 0 Å². The molecule has 0 aromatic heterocycles. The molecule has 0 spiro atoms. The van der Waals surface area contributed by atoms with Gasteiger partial charge in [-0.15, -0.1) is 0 Å². The first-order valence-corrected chi connectivity index (χ1v) is 7.98. The Kier molecular flexibility index (Phi) is 6.23. The van der Waals surface area contributed by atoms with Crippen LogP contribution in [0.15, 0.2) is 12.1 Å². The van der Waals surface area contributed by atoms with E-state index in [0.29, 0.717) is 18.6 Å². The van der Waals surface area contributed by atoms with E-state index < -0.39 is 0 Å². The van der Waals surface area contributed by atoms with Crippen LogP contribution in [0.2, 0.25) is 0 Å². The fourth-order valence-electron chi connectivity index (χ4n) is 2.43. The van der Waals surface area contributed by atoms with Crippen LogP contribution in [0.1, 0.15) is 64.7 Å². The quantitative estimate of drug-likeness (QED) is 0.656. The third-order valence-corrected chi connectivity index (χ3v) is 3.74. The van der Waals surface area contributed by atoms with Crippen LogP contribution in [0, 0.1) is 0 Å². The van der Waals surface area contributed by atoms with Gasteiger partial charge in [0.1, 0.15) is 5.75 Å². The van der Waals surface area contributed by atoms with Crippen molar-refractivity contribution in [3.05, 3.63) is 28.8 Å².